The molecular weight excluding hydrogens is 384 g/mol. The second-order valence-electron chi connectivity index (χ2n) is 7.46. The minimum atomic E-state index is -0.799. The molecule has 0 saturated heterocycles. The van der Waals surface area contributed by atoms with Crippen molar-refractivity contribution in [2.45, 2.75) is 0 Å². The first-order chi connectivity index (χ1) is 14.2. The molecule has 2 aromatic carbocycles. The molecule has 7 heteroatoms. The largest absolute Gasteiger partial charge is 0.422 e. The molecule has 30 heavy (non-hydrogen) atoms. The average molecular weight is 404 g/mol. The van der Waals surface area contributed by atoms with Crippen LogP contribution in [-0.2, 0) is 0 Å². The van der Waals surface area contributed by atoms with Gasteiger partial charge in [0.1, 0.15) is 22.3 Å². The summed E-state index contributed by atoms with van der Waals surface area (Å²) in [6.45, 7) is 0. The number of hydrogen-bond donors (Lipinski definition) is 0. The molecule has 0 bridgehead atoms. The van der Waals surface area contributed by atoms with E-state index < -0.39 is 17.0 Å². The molecule has 0 saturated carbocycles. The zero-order valence-electron chi connectivity index (χ0n) is 17.1. The zero-order valence-corrected chi connectivity index (χ0v) is 17.1. The van der Waals surface area contributed by atoms with Gasteiger partial charge in [0.15, 0.2) is 0 Å². The van der Waals surface area contributed by atoms with Crippen molar-refractivity contribution in [3.8, 4) is 0 Å². The number of carbonyl (C=O) groups excluding carboxylic acids is 1. The SMILES string of the molecule is CN(C)c1ccc2oc(=O)c(C(=O)c3cc4cc(N(C)C)ccc4oc3=O)cc2c1. The molecule has 0 aliphatic carbocycles. The van der Waals surface area contributed by atoms with Gasteiger partial charge in [-0.3, -0.25) is 4.79 Å². The highest BCUT2D eigenvalue weighted by molar-refractivity contribution is 6.10. The van der Waals surface area contributed by atoms with Gasteiger partial charge < -0.3 is 18.6 Å². The Morgan fingerprint density at radius 3 is 1.43 bits per heavy atom. The molecule has 0 aliphatic rings. The van der Waals surface area contributed by atoms with Crippen LogP contribution in [0.25, 0.3) is 21.9 Å². The van der Waals surface area contributed by atoms with Crippen molar-refractivity contribution < 1.29 is 13.6 Å². The third-order valence-electron chi connectivity index (χ3n) is 4.95. The van der Waals surface area contributed by atoms with Gasteiger partial charge in [0, 0.05) is 50.3 Å². The standard InChI is InChI=1S/C23H20N2O5/c1-24(2)15-5-7-19-13(9-15)11-17(22(27)29-19)21(26)18-12-14-10-16(25(3)4)6-8-20(14)30-23(18)28/h5-12H,1-4H3. The number of rotatable bonds is 4. The van der Waals surface area contributed by atoms with Crippen molar-refractivity contribution >= 4 is 39.1 Å². The maximum absolute atomic E-state index is 13.1. The second kappa shape index (κ2) is 7.18. The molecule has 0 fully saturated rings. The van der Waals surface area contributed by atoms with E-state index >= 15 is 0 Å². The molecule has 4 aromatic rings. The van der Waals surface area contributed by atoms with Crippen molar-refractivity contribution in [3.63, 3.8) is 0 Å². The number of hydrogen-bond acceptors (Lipinski definition) is 7. The van der Waals surface area contributed by atoms with Gasteiger partial charge in [0.25, 0.3) is 0 Å². The summed E-state index contributed by atoms with van der Waals surface area (Å²) in [5, 5.41) is 1.17. The maximum Gasteiger partial charge on any atom is 0.347 e. The van der Waals surface area contributed by atoms with E-state index in [0.717, 1.165) is 11.4 Å². The maximum atomic E-state index is 13.1. The molecule has 0 amide bonds. The first-order valence-corrected chi connectivity index (χ1v) is 9.30. The summed E-state index contributed by atoms with van der Waals surface area (Å²) in [6, 6.07) is 13.5. The Balaban J connectivity index is 1.87. The van der Waals surface area contributed by atoms with Gasteiger partial charge in [-0.15, -0.1) is 0 Å². The summed E-state index contributed by atoms with van der Waals surface area (Å²) in [4.78, 5) is 41.8. The number of benzene rings is 2. The third-order valence-corrected chi connectivity index (χ3v) is 4.95. The summed E-state index contributed by atoms with van der Waals surface area (Å²) >= 11 is 0. The molecule has 0 aliphatic heterocycles. The van der Waals surface area contributed by atoms with Gasteiger partial charge in [0.05, 0.1) is 0 Å². The number of fused-ring (bicyclic) bond motifs is 2. The third kappa shape index (κ3) is 3.34. The molecule has 7 nitrogen and oxygen atoms in total. The first kappa shape index (κ1) is 19.4. The van der Waals surface area contributed by atoms with Gasteiger partial charge >= 0.3 is 11.3 Å². The topological polar surface area (TPSA) is 84.0 Å². The summed E-state index contributed by atoms with van der Waals surface area (Å²) < 4.78 is 10.6. The lowest BCUT2D eigenvalue weighted by Gasteiger charge is -2.13. The number of carbonyl (C=O) groups is 1. The minimum absolute atomic E-state index is 0.214. The fraction of sp³-hybridized carbons (Fsp3) is 0.174. The Kier molecular flexibility index (Phi) is 4.66. The lowest BCUT2D eigenvalue weighted by Crippen LogP contribution is -2.21. The highest BCUT2D eigenvalue weighted by Gasteiger charge is 2.21. The lowest BCUT2D eigenvalue weighted by molar-refractivity contribution is 0.103. The van der Waals surface area contributed by atoms with Crippen LogP contribution in [0.4, 0.5) is 11.4 Å². The van der Waals surface area contributed by atoms with Crippen molar-refractivity contribution in [1.29, 1.82) is 0 Å². The van der Waals surface area contributed by atoms with Crippen LogP contribution in [0.3, 0.4) is 0 Å². The minimum Gasteiger partial charge on any atom is -0.422 e. The highest BCUT2D eigenvalue weighted by atomic mass is 16.4. The van der Waals surface area contributed by atoms with E-state index in [-0.39, 0.29) is 11.1 Å². The molecule has 2 aromatic heterocycles. The Hall–Kier alpha value is -3.87. The first-order valence-electron chi connectivity index (χ1n) is 9.30. The van der Waals surface area contributed by atoms with Crippen LogP contribution in [0.1, 0.15) is 15.9 Å². The molecule has 0 N–H and O–H groups in total. The van der Waals surface area contributed by atoms with Crippen LogP contribution in [-0.4, -0.2) is 34.0 Å². The van der Waals surface area contributed by atoms with Gasteiger partial charge in [-0.1, -0.05) is 0 Å². The predicted octanol–water partition coefficient (Wildman–Crippen LogP) is 3.26. The monoisotopic (exact) mass is 404 g/mol. The highest BCUT2D eigenvalue weighted by Crippen LogP contribution is 2.23. The van der Waals surface area contributed by atoms with Crippen molar-refractivity contribution in [2.24, 2.45) is 0 Å². The molecular formula is C23H20N2O5. The average Bonchev–Trinajstić information content (AvgIpc) is 2.71. The van der Waals surface area contributed by atoms with Crippen LogP contribution in [0.15, 0.2) is 67.0 Å². The number of nitrogens with zero attached hydrogens (tertiary/aromatic N) is 2. The van der Waals surface area contributed by atoms with E-state index in [4.69, 9.17) is 8.83 Å². The molecule has 0 atom stereocenters. The zero-order chi connectivity index (χ0) is 21.6. The summed E-state index contributed by atoms with van der Waals surface area (Å²) in [6.07, 6.45) is 0. The van der Waals surface area contributed by atoms with Gasteiger partial charge in [0.2, 0.25) is 5.78 Å². The molecule has 2 heterocycles. The van der Waals surface area contributed by atoms with Crippen LogP contribution < -0.4 is 21.1 Å². The van der Waals surface area contributed by atoms with Gasteiger partial charge in [-0.05, 0) is 48.5 Å². The number of anilines is 2. The van der Waals surface area contributed by atoms with E-state index in [1.165, 1.54) is 12.1 Å². The number of ketones is 1. The Bertz CT molecular complexity index is 1310. The summed E-state index contributed by atoms with van der Waals surface area (Å²) in [5.41, 5.74) is 0.472. The van der Waals surface area contributed by atoms with E-state index in [0.29, 0.717) is 21.9 Å². The second-order valence-corrected chi connectivity index (χ2v) is 7.46. The van der Waals surface area contributed by atoms with Gasteiger partial charge in [-0.2, -0.15) is 0 Å². The molecule has 0 radical (unpaired) electrons. The van der Waals surface area contributed by atoms with Crippen molar-refractivity contribution in [1.82, 2.24) is 0 Å². The molecule has 0 unspecified atom stereocenters. The van der Waals surface area contributed by atoms with E-state index in [1.807, 2.05) is 50.1 Å². The molecule has 152 valence electrons. The van der Waals surface area contributed by atoms with Crippen LogP contribution >= 0.6 is 0 Å². The molecule has 4 rings (SSSR count). The van der Waals surface area contributed by atoms with E-state index in [2.05, 4.69) is 0 Å². The Labute approximate surface area is 171 Å². The van der Waals surface area contributed by atoms with Crippen LogP contribution in [0.5, 0.6) is 0 Å². The van der Waals surface area contributed by atoms with Crippen molar-refractivity contribution in [3.05, 3.63) is 80.5 Å². The fourth-order valence-electron chi connectivity index (χ4n) is 3.24. The quantitative estimate of drug-likeness (QED) is 0.381. The predicted molar refractivity (Wildman–Crippen MR) is 117 cm³/mol. The van der Waals surface area contributed by atoms with Crippen LogP contribution in [0.2, 0.25) is 0 Å². The van der Waals surface area contributed by atoms with Gasteiger partial charge in [-0.25, -0.2) is 9.59 Å². The van der Waals surface area contributed by atoms with E-state index in [9.17, 15) is 14.4 Å². The smallest absolute Gasteiger partial charge is 0.347 e. The summed E-state index contributed by atoms with van der Waals surface area (Å²) in [5.74, 6) is -0.730. The molecule has 0 spiro atoms. The lowest BCUT2D eigenvalue weighted by atomic mass is 10.0. The van der Waals surface area contributed by atoms with E-state index in [1.54, 1.807) is 24.3 Å². The van der Waals surface area contributed by atoms with Crippen LogP contribution in [0, 0.1) is 0 Å². The Morgan fingerprint density at radius 2 is 1.07 bits per heavy atom. The van der Waals surface area contributed by atoms with Crippen molar-refractivity contribution in [2.75, 3.05) is 38.0 Å². The normalized spacial score (nSPS) is 11.1. The summed E-state index contributed by atoms with van der Waals surface area (Å²) in [7, 11) is 7.53. The Morgan fingerprint density at radius 1 is 0.667 bits per heavy atom. The fourth-order valence-corrected chi connectivity index (χ4v) is 3.24.